The lowest BCUT2D eigenvalue weighted by Gasteiger charge is -2.31. The molecule has 3 aromatic heterocycles. The van der Waals surface area contributed by atoms with Crippen LogP contribution in [0.25, 0.3) is 17.3 Å². The smallest absolute Gasteiger partial charge is 0.246 e. The van der Waals surface area contributed by atoms with Gasteiger partial charge in [0.15, 0.2) is 5.76 Å². The number of pyridine rings is 1. The zero-order valence-corrected chi connectivity index (χ0v) is 29.0. The van der Waals surface area contributed by atoms with E-state index < -0.39 is 29.5 Å². The van der Waals surface area contributed by atoms with Gasteiger partial charge in [-0.3, -0.25) is 9.55 Å². The number of aliphatic hydroxyl groups is 1. The van der Waals surface area contributed by atoms with E-state index in [0.717, 1.165) is 4.47 Å². The standard InChI is InChI=1S/C29H38BrN5O6SSi/c1-18-12-15-25(41-18)28-32-33-29(35(28)26-23(39-4)10-9-11-24(26)40-5)34(16-17-43(6,7)8)42(37,38)20(3)27(36)22-14-13-21(30)19(2)31-22/h9-15,20,27,36H,16-17H2,1-8H3/t20-,27-/m1/s1. The highest BCUT2D eigenvalue weighted by molar-refractivity contribution is 9.10. The highest BCUT2D eigenvalue weighted by Gasteiger charge is 2.40. The molecule has 3 heterocycles. The minimum atomic E-state index is -4.26. The zero-order valence-electron chi connectivity index (χ0n) is 25.6. The van der Waals surface area contributed by atoms with Crippen LogP contribution in [0.2, 0.25) is 25.7 Å². The van der Waals surface area contributed by atoms with E-state index in [9.17, 15) is 13.5 Å². The molecule has 1 aromatic carbocycles. The number of hydrogen-bond acceptors (Lipinski definition) is 9. The average molecular weight is 693 g/mol. The van der Waals surface area contributed by atoms with Crippen molar-refractivity contribution in [1.29, 1.82) is 0 Å². The van der Waals surface area contributed by atoms with E-state index in [1.165, 1.54) is 25.4 Å². The summed E-state index contributed by atoms with van der Waals surface area (Å²) in [6.07, 6.45) is -1.41. The summed E-state index contributed by atoms with van der Waals surface area (Å²) in [6.45, 7) is 11.7. The lowest BCUT2D eigenvalue weighted by atomic mass is 10.1. The number of methoxy groups -OCH3 is 2. The minimum Gasteiger partial charge on any atom is -0.494 e. The van der Waals surface area contributed by atoms with Gasteiger partial charge in [0.1, 0.15) is 34.3 Å². The molecule has 0 aliphatic rings. The number of nitrogens with zero attached hydrogens (tertiary/aromatic N) is 5. The fraction of sp³-hybridized carbons (Fsp3) is 0.414. The van der Waals surface area contributed by atoms with E-state index in [0.29, 0.717) is 40.4 Å². The summed E-state index contributed by atoms with van der Waals surface area (Å²) in [6, 6.07) is 12.8. The molecule has 0 saturated heterocycles. The summed E-state index contributed by atoms with van der Waals surface area (Å²) in [5.41, 5.74) is 1.29. The second-order valence-electron chi connectivity index (χ2n) is 11.5. The summed E-state index contributed by atoms with van der Waals surface area (Å²) < 4.78 is 50.0. The number of aromatic nitrogens is 4. The normalized spacial score (nSPS) is 13.5. The SMILES string of the molecule is COc1cccc(OC)c1-n1c(-c2ccc(C)o2)nnc1N(CC[Si](C)(C)C)S(=O)(=O)[C@H](C)[C@@H](O)c1ccc(Br)c(C)n1. The largest absolute Gasteiger partial charge is 0.494 e. The number of anilines is 1. The number of ether oxygens (including phenoxy) is 2. The van der Waals surface area contributed by atoms with Crippen LogP contribution in [-0.2, 0) is 10.0 Å². The molecule has 2 atom stereocenters. The Balaban J connectivity index is 1.96. The van der Waals surface area contributed by atoms with Crippen LogP contribution in [0.3, 0.4) is 0 Å². The quantitative estimate of drug-likeness (QED) is 0.180. The molecular formula is C29H38BrN5O6SSi. The first kappa shape index (κ1) is 32.7. The molecule has 0 radical (unpaired) electrons. The van der Waals surface area contributed by atoms with Gasteiger partial charge in [-0.25, -0.2) is 12.7 Å². The maximum Gasteiger partial charge on any atom is 0.246 e. The van der Waals surface area contributed by atoms with E-state index in [2.05, 4.69) is 50.8 Å². The van der Waals surface area contributed by atoms with Gasteiger partial charge in [0.2, 0.25) is 21.8 Å². The van der Waals surface area contributed by atoms with Crippen molar-refractivity contribution in [2.24, 2.45) is 0 Å². The Hall–Kier alpha value is -3.20. The Morgan fingerprint density at radius 2 is 1.70 bits per heavy atom. The monoisotopic (exact) mass is 691 g/mol. The maximum absolute atomic E-state index is 14.5. The number of halogens is 1. The zero-order chi connectivity index (χ0) is 31.7. The van der Waals surface area contributed by atoms with E-state index in [1.54, 1.807) is 60.9 Å². The summed E-state index contributed by atoms with van der Waals surface area (Å²) in [4.78, 5) is 4.43. The third-order valence-electron chi connectivity index (χ3n) is 7.09. The van der Waals surface area contributed by atoms with E-state index in [4.69, 9.17) is 13.9 Å². The number of para-hydroxylation sites is 1. The highest BCUT2D eigenvalue weighted by atomic mass is 79.9. The van der Waals surface area contributed by atoms with Crippen LogP contribution in [0.5, 0.6) is 11.5 Å². The van der Waals surface area contributed by atoms with Crippen LogP contribution >= 0.6 is 15.9 Å². The van der Waals surface area contributed by atoms with Crippen LogP contribution < -0.4 is 13.8 Å². The highest BCUT2D eigenvalue weighted by Crippen LogP contribution is 2.40. The third-order valence-corrected chi connectivity index (χ3v) is 11.8. The number of aryl methyl sites for hydroxylation is 2. The summed E-state index contributed by atoms with van der Waals surface area (Å²) in [7, 11) is -2.99. The molecule has 0 unspecified atom stereocenters. The van der Waals surface area contributed by atoms with Crippen molar-refractivity contribution in [2.75, 3.05) is 25.1 Å². The van der Waals surface area contributed by atoms with Gasteiger partial charge in [-0.15, -0.1) is 10.2 Å². The second kappa shape index (κ2) is 12.8. The summed E-state index contributed by atoms with van der Waals surface area (Å²) in [5.74, 6) is 2.14. The molecule has 232 valence electrons. The molecule has 4 rings (SSSR count). The van der Waals surface area contributed by atoms with Crippen molar-refractivity contribution < 1.29 is 27.4 Å². The van der Waals surface area contributed by atoms with Crippen molar-refractivity contribution in [3.8, 4) is 28.8 Å². The molecule has 4 aromatic rings. The molecule has 0 amide bonds. The van der Waals surface area contributed by atoms with Gasteiger partial charge >= 0.3 is 0 Å². The first-order chi connectivity index (χ1) is 20.2. The van der Waals surface area contributed by atoms with Crippen molar-refractivity contribution in [1.82, 2.24) is 19.7 Å². The third kappa shape index (κ3) is 6.81. The molecule has 1 N–H and O–H groups in total. The average Bonchev–Trinajstić information content (AvgIpc) is 3.58. The minimum absolute atomic E-state index is 0.0177. The Morgan fingerprint density at radius 1 is 1.05 bits per heavy atom. The Labute approximate surface area is 262 Å². The van der Waals surface area contributed by atoms with Gasteiger partial charge in [0.25, 0.3) is 0 Å². The molecule has 0 aliphatic carbocycles. The predicted octanol–water partition coefficient (Wildman–Crippen LogP) is 5.92. The number of benzene rings is 1. The molecule has 0 fully saturated rings. The number of furan rings is 1. The Kier molecular flexibility index (Phi) is 9.74. The van der Waals surface area contributed by atoms with Crippen LogP contribution in [0.1, 0.15) is 30.2 Å². The van der Waals surface area contributed by atoms with Crippen molar-refractivity contribution >= 4 is 40.0 Å². The predicted molar refractivity (Wildman–Crippen MR) is 172 cm³/mol. The molecule has 43 heavy (non-hydrogen) atoms. The maximum atomic E-state index is 14.5. The van der Waals surface area contributed by atoms with Gasteiger partial charge in [0.05, 0.1) is 25.6 Å². The molecule has 0 saturated carbocycles. The molecule has 0 spiro atoms. The van der Waals surface area contributed by atoms with Gasteiger partial charge in [-0.1, -0.05) is 25.7 Å². The fourth-order valence-electron chi connectivity index (χ4n) is 4.52. The van der Waals surface area contributed by atoms with Crippen LogP contribution in [0, 0.1) is 13.8 Å². The van der Waals surface area contributed by atoms with E-state index in [1.807, 2.05) is 0 Å². The molecule has 11 nitrogen and oxygen atoms in total. The van der Waals surface area contributed by atoms with Crippen molar-refractivity contribution in [3.63, 3.8) is 0 Å². The number of rotatable bonds is 12. The fourth-order valence-corrected chi connectivity index (χ4v) is 7.36. The van der Waals surface area contributed by atoms with Gasteiger partial charge in [0, 0.05) is 19.1 Å². The van der Waals surface area contributed by atoms with Crippen molar-refractivity contribution in [2.45, 2.75) is 57.8 Å². The lowest BCUT2D eigenvalue weighted by Crippen LogP contribution is -2.44. The molecule has 0 aliphatic heterocycles. The first-order valence-electron chi connectivity index (χ1n) is 13.8. The molecular weight excluding hydrogens is 654 g/mol. The first-order valence-corrected chi connectivity index (χ1v) is 19.8. The van der Waals surface area contributed by atoms with Crippen LogP contribution in [0.15, 0.2) is 51.4 Å². The number of sulfonamides is 1. The van der Waals surface area contributed by atoms with E-state index in [-0.39, 0.29) is 24.0 Å². The lowest BCUT2D eigenvalue weighted by molar-refractivity contribution is 0.171. The topological polar surface area (TPSA) is 133 Å². The second-order valence-corrected chi connectivity index (χ2v) is 20.2. The van der Waals surface area contributed by atoms with E-state index >= 15 is 0 Å². The van der Waals surface area contributed by atoms with Gasteiger partial charge in [-0.2, -0.15) is 0 Å². The van der Waals surface area contributed by atoms with Crippen molar-refractivity contribution in [3.05, 3.63) is 64.1 Å². The van der Waals surface area contributed by atoms with Gasteiger partial charge < -0.3 is 19.0 Å². The summed E-state index contributed by atoms with van der Waals surface area (Å²) >= 11 is 3.41. The Morgan fingerprint density at radius 3 is 2.23 bits per heavy atom. The van der Waals surface area contributed by atoms with Gasteiger partial charge in [-0.05, 0) is 79.1 Å². The molecule has 14 heteroatoms. The Bertz CT molecular complexity index is 1680. The number of aliphatic hydroxyl groups excluding tert-OH is 1. The van der Waals surface area contributed by atoms with Crippen LogP contribution in [-0.4, -0.2) is 67.4 Å². The van der Waals surface area contributed by atoms with Crippen LogP contribution in [0.4, 0.5) is 5.95 Å². The number of hydrogen-bond donors (Lipinski definition) is 1. The molecule has 0 bridgehead atoms. The summed E-state index contributed by atoms with van der Waals surface area (Å²) in [5, 5.41) is 18.9.